The van der Waals surface area contributed by atoms with Crippen LogP contribution in [-0.2, 0) is 10.0 Å². The van der Waals surface area contributed by atoms with E-state index in [2.05, 4.69) is 5.16 Å². The Morgan fingerprint density at radius 2 is 2.05 bits per heavy atom. The molecule has 10 heteroatoms. The lowest BCUT2D eigenvalue weighted by atomic mass is 9.80. The van der Waals surface area contributed by atoms with E-state index in [9.17, 15) is 8.42 Å². The summed E-state index contributed by atoms with van der Waals surface area (Å²) < 4.78 is 26.9. The first-order chi connectivity index (χ1) is 9.70. The molecule has 0 saturated carbocycles. The summed E-state index contributed by atoms with van der Waals surface area (Å²) in [6, 6.07) is 1.36. The summed E-state index contributed by atoms with van der Waals surface area (Å²) in [5, 5.41) is 11.8. The van der Waals surface area contributed by atoms with Gasteiger partial charge in [-0.1, -0.05) is 35.3 Å². The number of nitrogens with zero attached hydrogens (tertiary/aromatic N) is 2. The Morgan fingerprint density at radius 1 is 1.48 bits per heavy atom. The van der Waals surface area contributed by atoms with Crippen LogP contribution in [0, 0.1) is 5.41 Å². The molecule has 2 rings (SSSR count). The highest BCUT2D eigenvalue weighted by atomic mass is 35.5. The lowest BCUT2D eigenvalue weighted by molar-refractivity contribution is 0.230. The van der Waals surface area contributed by atoms with Gasteiger partial charge in [-0.3, -0.25) is 0 Å². The van der Waals surface area contributed by atoms with Crippen LogP contribution < -0.4 is 5.73 Å². The summed E-state index contributed by atoms with van der Waals surface area (Å²) in [5.74, 6) is 0.121. The summed E-state index contributed by atoms with van der Waals surface area (Å²) >= 11 is 12.8. The van der Waals surface area contributed by atoms with E-state index in [1.54, 1.807) is 0 Å². The molecule has 0 bridgehead atoms. The fraction of sp³-hybridized carbons (Fsp3) is 0.545. The molecule has 0 atom stereocenters. The number of nitrogens with two attached hydrogens (primary N) is 1. The van der Waals surface area contributed by atoms with Crippen molar-refractivity contribution in [3.05, 3.63) is 14.7 Å². The standard InChI is InChI=1S/C11H15Cl2N3O3S2/c1-11(10(14)15-17)2-4-16(5-3-11)21(18,19)7-6-8(12)20-9(7)13/h6,17H,2-5H2,1H3,(H2,14,15). The molecule has 0 spiro atoms. The zero-order valence-electron chi connectivity index (χ0n) is 11.2. The van der Waals surface area contributed by atoms with E-state index in [1.807, 2.05) is 6.92 Å². The van der Waals surface area contributed by atoms with Crippen molar-refractivity contribution in [3.63, 3.8) is 0 Å². The van der Waals surface area contributed by atoms with Gasteiger partial charge in [-0.2, -0.15) is 4.31 Å². The molecule has 1 aliphatic rings. The zero-order valence-corrected chi connectivity index (χ0v) is 14.4. The van der Waals surface area contributed by atoms with Crippen molar-refractivity contribution in [1.29, 1.82) is 0 Å². The number of piperidine rings is 1. The average Bonchev–Trinajstić information content (AvgIpc) is 2.78. The molecular weight excluding hydrogens is 357 g/mol. The molecule has 1 fully saturated rings. The number of sulfonamides is 1. The smallest absolute Gasteiger partial charge is 0.245 e. The molecule has 1 aliphatic heterocycles. The van der Waals surface area contributed by atoms with Gasteiger partial charge in [0.15, 0.2) is 0 Å². The highest BCUT2D eigenvalue weighted by molar-refractivity contribution is 7.89. The molecule has 1 aromatic heterocycles. The summed E-state index contributed by atoms with van der Waals surface area (Å²) in [4.78, 5) is 0.0339. The average molecular weight is 372 g/mol. The number of amidine groups is 1. The predicted octanol–water partition coefficient (Wildman–Crippen LogP) is 2.59. The third-order valence-corrected chi connectivity index (χ3v) is 7.45. The van der Waals surface area contributed by atoms with Gasteiger partial charge in [0.2, 0.25) is 10.0 Å². The molecule has 1 aromatic rings. The third kappa shape index (κ3) is 3.14. The maximum atomic E-state index is 12.6. The molecule has 2 heterocycles. The fourth-order valence-electron chi connectivity index (χ4n) is 2.24. The van der Waals surface area contributed by atoms with Crippen molar-refractivity contribution in [1.82, 2.24) is 4.31 Å². The summed E-state index contributed by atoms with van der Waals surface area (Å²) in [7, 11) is -3.67. The fourth-order valence-corrected chi connectivity index (χ4v) is 5.79. The SMILES string of the molecule is CC1(/C(N)=N/O)CCN(S(=O)(=O)c2cc(Cl)sc2Cl)CC1. The maximum absolute atomic E-state index is 12.6. The van der Waals surface area contributed by atoms with Crippen LogP contribution in [0.3, 0.4) is 0 Å². The van der Waals surface area contributed by atoms with Crippen LogP contribution in [0.2, 0.25) is 8.67 Å². The van der Waals surface area contributed by atoms with E-state index >= 15 is 0 Å². The van der Waals surface area contributed by atoms with Gasteiger partial charge in [0.1, 0.15) is 15.1 Å². The van der Waals surface area contributed by atoms with E-state index in [4.69, 9.17) is 34.1 Å². The quantitative estimate of drug-likeness (QED) is 0.369. The first-order valence-electron chi connectivity index (χ1n) is 6.14. The van der Waals surface area contributed by atoms with Crippen molar-refractivity contribution in [2.75, 3.05) is 13.1 Å². The Morgan fingerprint density at radius 3 is 2.48 bits per heavy atom. The van der Waals surface area contributed by atoms with E-state index < -0.39 is 15.4 Å². The molecule has 118 valence electrons. The molecule has 0 radical (unpaired) electrons. The largest absolute Gasteiger partial charge is 0.409 e. The molecule has 21 heavy (non-hydrogen) atoms. The molecule has 6 nitrogen and oxygen atoms in total. The minimum absolute atomic E-state index is 0.0339. The molecule has 0 unspecified atom stereocenters. The van der Waals surface area contributed by atoms with Gasteiger partial charge in [0, 0.05) is 18.5 Å². The van der Waals surface area contributed by atoms with Crippen LogP contribution in [0.4, 0.5) is 0 Å². The van der Waals surface area contributed by atoms with Crippen molar-refractivity contribution >= 4 is 50.4 Å². The number of hydrogen-bond donors (Lipinski definition) is 2. The van der Waals surface area contributed by atoms with Crippen molar-refractivity contribution < 1.29 is 13.6 Å². The van der Waals surface area contributed by atoms with Crippen LogP contribution >= 0.6 is 34.5 Å². The monoisotopic (exact) mass is 371 g/mol. The highest BCUT2D eigenvalue weighted by Crippen LogP contribution is 2.38. The Hall–Kier alpha value is -0.540. The number of halogens is 2. The molecule has 0 aromatic carbocycles. The summed E-state index contributed by atoms with van der Waals surface area (Å²) in [6.07, 6.45) is 0.940. The van der Waals surface area contributed by atoms with Crippen LogP contribution in [0.5, 0.6) is 0 Å². The normalized spacial score (nSPS) is 20.6. The van der Waals surface area contributed by atoms with Gasteiger partial charge in [0.25, 0.3) is 0 Å². The van der Waals surface area contributed by atoms with Crippen molar-refractivity contribution in [2.24, 2.45) is 16.3 Å². The zero-order chi connectivity index (χ0) is 15.8. The topological polar surface area (TPSA) is 96.0 Å². The lowest BCUT2D eigenvalue weighted by Gasteiger charge is -2.37. The summed E-state index contributed by atoms with van der Waals surface area (Å²) in [5.41, 5.74) is 5.17. The van der Waals surface area contributed by atoms with Crippen LogP contribution in [0.25, 0.3) is 0 Å². The van der Waals surface area contributed by atoms with Gasteiger partial charge in [-0.05, 0) is 18.9 Å². The van der Waals surface area contributed by atoms with Crippen molar-refractivity contribution in [3.8, 4) is 0 Å². The van der Waals surface area contributed by atoms with Crippen LogP contribution in [-0.4, -0.2) is 36.9 Å². The minimum atomic E-state index is -3.67. The Balaban J connectivity index is 2.21. The first-order valence-corrected chi connectivity index (χ1v) is 9.15. The Kier molecular flexibility index (Phi) is 4.75. The van der Waals surface area contributed by atoms with Gasteiger partial charge >= 0.3 is 0 Å². The highest BCUT2D eigenvalue weighted by Gasteiger charge is 2.39. The van der Waals surface area contributed by atoms with E-state index in [0.717, 1.165) is 11.3 Å². The van der Waals surface area contributed by atoms with Gasteiger partial charge in [-0.25, -0.2) is 8.42 Å². The minimum Gasteiger partial charge on any atom is -0.409 e. The lowest BCUT2D eigenvalue weighted by Crippen LogP contribution is -2.47. The van der Waals surface area contributed by atoms with Crippen LogP contribution in [0.15, 0.2) is 16.1 Å². The molecule has 0 aliphatic carbocycles. The van der Waals surface area contributed by atoms with Gasteiger partial charge in [-0.15, -0.1) is 11.3 Å². The first kappa shape index (κ1) is 16.8. The second kappa shape index (κ2) is 5.92. The van der Waals surface area contributed by atoms with E-state index in [0.29, 0.717) is 17.2 Å². The Labute approximate surface area is 137 Å². The van der Waals surface area contributed by atoms with Gasteiger partial charge < -0.3 is 10.9 Å². The second-order valence-electron chi connectivity index (χ2n) is 5.14. The molecule has 1 saturated heterocycles. The maximum Gasteiger partial charge on any atom is 0.245 e. The van der Waals surface area contributed by atoms with Gasteiger partial charge in [0.05, 0.1) is 4.34 Å². The third-order valence-electron chi connectivity index (χ3n) is 3.80. The molecule has 0 amide bonds. The number of thiophene rings is 1. The van der Waals surface area contributed by atoms with Crippen molar-refractivity contribution in [2.45, 2.75) is 24.7 Å². The predicted molar refractivity (Wildman–Crippen MR) is 83.8 cm³/mol. The molecule has 3 N–H and O–H groups in total. The Bertz CT molecular complexity index is 664. The molecular formula is C11H15Cl2N3O3S2. The van der Waals surface area contributed by atoms with E-state index in [1.165, 1.54) is 10.4 Å². The number of hydrogen-bond acceptors (Lipinski definition) is 5. The van der Waals surface area contributed by atoms with E-state index in [-0.39, 0.29) is 28.2 Å². The second-order valence-corrected chi connectivity index (χ2v) is 9.33. The summed E-state index contributed by atoms with van der Waals surface area (Å²) in [6.45, 7) is 2.40. The number of rotatable bonds is 3. The van der Waals surface area contributed by atoms with Crippen LogP contribution in [0.1, 0.15) is 19.8 Å². The number of oxime groups is 1.